The van der Waals surface area contributed by atoms with E-state index in [1.807, 2.05) is 0 Å². The molecule has 3 heterocycles. The van der Waals surface area contributed by atoms with Crippen LogP contribution in [0, 0.1) is 5.92 Å². The van der Waals surface area contributed by atoms with Crippen LogP contribution in [0.4, 0.5) is 19.0 Å². The second kappa shape index (κ2) is 9.24. The standard InChI is InChI=1S/C17H22F3N7O3/c1-30-9-6-21-14(28)10-22-15(29)11-4-7-26(8-5-11)13-3-2-12-23-24-16(17(18,19)20)27(12)25-13/h2-3,11H,4-10H2,1H3,(H,21,28)(H,22,29). The van der Waals surface area contributed by atoms with Crippen molar-refractivity contribution >= 4 is 23.3 Å². The van der Waals surface area contributed by atoms with Crippen LogP contribution in [0.1, 0.15) is 18.7 Å². The highest BCUT2D eigenvalue weighted by atomic mass is 19.4. The highest BCUT2D eigenvalue weighted by molar-refractivity contribution is 5.85. The van der Waals surface area contributed by atoms with E-state index in [4.69, 9.17) is 4.74 Å². The number of hydrogen-bond donors (Lipinski definition) is 2. The Bertz CT molecular complexity index is 894. The number of aromatic nitrogens is 4. The van der Waals surface area contributed by atoms with E-state index in [2.05, 4.69) is 25.9 Å². The molecule has 2 aromatic heterocycles. The van der Waals surface area contributed by atoms with Crippen molar-refractivity contribution in [3.8, 4) is 0 Å². The lowest BCUT2D eigenvalue weighted by Gasteiger charge is -2.32. The normalized spacial score (nSPS) is 15.4. The number of carbonyl (C=O) groups is 2. The molecule has 0 unspecified atom stereocenters. The number of anilines is 1. The fourth-order valence-corrected chi connectivity index (χ4v) is 3.16. The summed E-state index contributed by atoms with van der Waals surface area (Å²) >= 11 is 0. The van der Waals surface area contributed by atoms with E-state index in [9.17, 15) is 22.8 Å². The van der Waals surface area contributed by atoms with E-state index in [1.165, 1.54) is 13.2 Å². The van der Waals surface area contributed by atoms with Crippen LogP contribution in [-0.4, -0.2) is 71.5 Å². The molecule has 3 rings (SSSR count). The molecule has 10 nitrogen and oxygen atoms in total. The van der Waals surface area contributed by atoms with Crippen LogP contribution in [0.2, 0.25) is 0 Å². The maximum absolute atomic E-state index is 13.0. The highest BCUT2D eigenvalue weighted by Crippen LogP contribution is 2.28. The maximum atomic E-state index is 13.0. The topological polar surface area (TPSA) is 114 Å². The van der Waals surface area contributed by atoms with E-state index in [1.54, 1.807) is 11.0 Å². The summed E-state index contributed by atoms with van der Waals surface area (Å²) < 4.78 is 44.6. The monoisotopic (exact) mass is 429 g/mol. The summed E-state index contributed by atoms with van der Waals surface area (Å²) in [5.41, 5.74) is 0.00381. The molecule has 0 aromatic carbocycles. The first-order valence-electron chi connectivity index (χ1n) is 9.37. The van der Waals surface area contributed by atoms with Crippen molar-refractivity contribution in [3.63, 3.8) is 0 Å². The van der Waals surface area contributed by atoms with Crippen molar-refractivity contribution in [1.29, 1.82) is 0 Å². The average molecular weight is 429 g/mol. The van der Waals surface area contributed by atoms with Crippen LogP contribution >= 0.6 is 0 Å². The van der Waals surface area contributed by atoms with Crippen LogP contribution in [0.5, 0.6) is 0 Å². The van der Waals surface area contributed by atoms with Gasteiger partial charge in [-0.15, -0.1) is 15.3 Å². The molecule has 2 N–H and O–H groups in total. The van der Waals surface area contributed by atoms with Crippen molar-refractivity contribution < 1.29 is 27.5 Å². The number of piperidine rings is 1. The van der Waals surface area contributed by atoms with Crippen LogP contribution in [-0.2, 0) is 20.5 Å². The molecule has 0 bridgehead atoms. The van der Waals surface area contributed by atoms with Gasteiger partial charge in [-0.3, -0.25) is 9.59 Å². The van der Waals surface area contributed by atoms with E-state index in [0.717, 1.165) is 0 Å². The first kappa shape index (κ1) is 21.7. The zero-order valence-electron chi connectivity index (χ0n) is 16.3. The summed E-state index contributed by atoms with van der Waals surface area (Å²) in [5, 5.41) is 15.9. The number of fused-ring (bicyclic) bond motifs is 1. The molecule has 0 saturated carbocycles. The smallest absolute Gasteiger partial charge is 0.383 e. The highest BCUT2D eigenvalue weighted by Gasteiger charge is 2.38. The van der Waals surface area contributed by atoms with Gasteiger partial charge in [0.25, 0.3) is 5.82 Å². The Morgan fingerprint density at radius 1 is 1.20 bits per heavy atom. The van der Waals surface area contributed by atoms with Gasteiger partial charge in [0, 0.05) is 32.7 Å². The van der Waals surface area contributed by atoms with Gasteiger partial charge in [0.05, 0.1) is 13.2 Å². The Morgan fingerprint density at radius 2 is 1.93 bits per heavy atom. The second-order valence-electron chi connectivity index (χ2n) is 6.80. The van der Waals surface area contributed by atoms with Crippen molar-refractivity contribution in [1.82, 2.24) is 30.4 Å². The Balaban J connectivity index is 1.54. The zero-order chi connectivity index (χ0) is 21.7. The maximum Gasteiger partial charge on any atom is 0.453 e. The van der Waals surface area contributed by atoms with E-state index < -0.39 is 12.0 Å². The van der Waals surface area contributed by atoms with Gasteiger partial charge in [0.1, 0.15) is 5.82 Å². The predicted molar refractivity (Wildman–Crippen MR) is 98.6 cm³/mol. The number of ether oxygens (including phenoxy) is 1. The van der Waals surface area contributed by atoms with Gasteiger partial charge in [-0.1, -0.05) is 0 Å². The van der Waals surface area contributed by atoms with E-state index in [-0.39, 0.29) is 29.9 Å². The molecule has 1 aliphatic rings. The number of rotatable bonds is 7. The van der Waals surface area contributed by atoms with Crippen molar-refractivity contribution in [2.75, 3.05) is 44.8 Å². The Morgan fingerprint density at radius 3 is 2.60 bits per heavy atom. The fraction of sp³-hybridized carbons (Fsp3) is 0.588. The molecule has 2 amide bonds. The minimum absolute atomic E-state index is 0.00381. The number of nitrogens with one attached hydrogen (secondary N) is 2. The van der Waals surface area contributed by atoms with Gasteiger partial charge in [-0.25, -0.2) is 0 Å². The first-order chi connectivity index (χ1) is 14.3. The number of amides is 2. The lowest BCUT2D eigenvalue weighted by atomic mass is 9.96. The summed E-state index contributed by atoms with van der Waals surface area (Å²) in [6.45, 7) is 1.52. The number of nitrogens with zero attached hydrogens (tertiary/aromatic N) is 5. The summed E-state index contributed by atoms with van der Waals surface area (Å²) in [4.78, 5) is 25.7. The second-order valence-corrected chi connectivity index (χ2v) is 6.80. The Hall–Kier alpha value is -2.96. The van der Waals surface area contributed by atoms with Gasteiger partial charge >= 0.3 is 6.18 Å². The summed E-state index contributed by atoms with van der Waals surface area (Å²) in [6.07, 6.45) is -3.68. The van der Waals surface area contributed by atoms with Gasteiger partial charge in [0.2, 0.25) is 11.8 Å². The third-order valence-electron chi connectivity index (χ3n) is 4.74. The molecule has 2 aromatic rings. The van der Waals surface area contributed by atoms with Gasteiger partial charge < -0.3 is 20.3 Å². The van der Waals surface area contributed by atoms with Crippen LogP contribution in [0.3, 0.4) is 0 Å². The lowest BCUT2D eigenvalue weighted by molar-refractivity contribution is -0.146. The number of alkyl halides is 3. The number of hydrogen-bond acceptors (Lipinski definition) is 7. The van der Waals surface area contributed by atoms with Crippen LogP contribution in [0.15, 0.2) is 12.1 Å². The van der Waals surface area contributed by atoms with Gasteiger partial charge in [-0.2, -0.15) is 17.7 Å². The molecule has 1 saturated heterocycles. The SMILES string of the molecule is COCCNC(=O)CNC(=O)C1CCN(c2ccc3nnc(C(F)(F)F)n3n2)CC1. The number of methoxy groups -OCH3 is 1. The molecule has 30 heavy (non-hydrogen) atoms. The molecule has 13 heteroatoms. The quantitative estimate of drug-likeness (QED) is 0.606. The van der Waals surface area contributed by atoms with Crippen LogP contribution in [0.25, 0.3) is 5.65 Å². The molecule has 0 radical (unpaired) electrons. The summed E-state index contributed by atoms with van der Waals surface area (Å²) in [6, 6.07) is 3.00. The number of halogens is 3. The summed E-state index contributed by atoms with van der Waals surface area (Å²) in [7, 11) is 1.52. The molecular formula is C17H22F3N7O3. The average Bonchev–Trinajstić information content (AvgIpc) is 3.16. The molecule has 1 aliphatic heterocycles. The molecule has 0 spiro atoms. The molecule has 0 atom stereocenters. The van der Waals surface area contributed by atoms with Crippen molar-refractivity contribution in [2.24, 2.45) is 5.92 Å². The van der Waals surface area contributed by atoms with Gasteiger partial charge in [0.15, 0.2) is 5.65 Å². The van der Waals surface area contributed by atoms with Gasteiger partial charge in [-0.05, 0) is 25.0 Å². The number of carbonyl (C=O) groups excluding carboxylic acids is 2. The molecule has 0 aliphatic carbocycles. The Labute approximate surface area is 169 Å². The summed E-state index contributed by atoms with van der Waals surface area (Å²) in [5.74, 6) is -1.64. The Kier molecular flexibility index (Phi) is 6.70. The zero-order valence-corrected chi connectivity index (χ0v) is 16.3. The minimum atomic E-state index is -4.66. The third-order valence-corrected chi connectivity index (χ3v) is 4.74. The van der Waals surface area contributed by atoms with E-state index in [0.29, 0.717) is 49.4 Å². The lowest BCUT2D eigenvalue weighted by Crippen LogP contribution is -2.44. The van der Waals surface area contributed by atoms with E-state index >= 15 is 0 Å². The molecule has 164 valence electrons. The largest absolute Gasteiger partial charge is 0.453 e. The van der Waals surface area contributed by atoms with Crippen molar-refractivity contribution in [2.45, 2.75) is 19.0 Å². The fourth-order valence-electron chi connectivity index (χ4n) is 3.16. The molecular weight excluding hydrogens is 407 g/mol. The molecule has 1 fully saturated rings. The predicted octanol–water partition coefficient (Wildman–Crippen LogP) is 0.238. The minimum Gasteiger partial charge on any atom is -0.383 e. The third kappa shape index (κ3) is 5.14. The van der Waals surface area contributed by atoms with Crippen molar-refractivity contribution in [3.05, 3.63) is 18.0 Å². The first-order valence-corrected chi connectivity index (χ1v) is 9.37. The van der Waals surface area contributed by atoms with Crippen LogP contribution < -0.4 is 15.5 Å².